The first-order valence-electron chi connectivity index (χ1n) is 6.38. The second-order valence-electron chi connectivity index (χ2n) is 4.61. The summed E-state index contributed by atoms with van der Waals surface area (Å²) in [6.45, 7) is 0. The Hall–Kier alpha value is -2.67. The van der Waals surface area contributed by atoms with Gasteiger partial charge in [0.1, 0.15) is 11.6 Å². The topological polar surface area (TPSA) is 52.5 Å². The Morgan fingerprint density at radius 1 is 1.20 bits per heavy atom. The van der Waals surface area contributed by atoms with Gasteiger partial charge in [-0.25, -0.2) is 9.37 Å². The summed E-state index contributed by atoms with van der Waals surface area (Å²) in [4.78, 5) is 7.65. The van der Waals surface area contributed by atoms with Crippen LogP contribution in [0.4, 0.5) is 4.39 Å². The predicted molar refractivity (Wildman–Crippen MR) is 75.4 cm³/mol. The summed E-state index contributed by atoms with van der Waals surface area (Å²) in [7, 11) is 0. The number of halogens is 1. The average molecular weight is 265 g/mol. The summed E-state index contributed by atoms with van der Waals surface area (Å²) in [6, 6.07) is 14.4. The molecular weight excluding hydrogens is 253 g/mol. The molecule has 0 amide bonds. The van der Waals surface area contributed by atoms with Crippen LogP contribution in [0.15, 0.2) is 42.5 Å². The molecule has 0 saturated heterocycles. The van der Waals surface area contributed by atoms with Crippen LogP contribution < -0.4 is 0 Å². The summed E-state index contributed by atoms with van der Waals surface area (Å²) >= 11 is 0. The number of H-pyrrole nitrogens is 1. The molecular formula is C16H12FN3. The quantitative estimate of drug-likeness (QED) is 0.782. The Morgan fingerprint density at radius 3 is 2.90 bits per heavy atom. The van der Waals surface area contributed by atoms with Crippen molar-refractivity contribution in [2.24, 2.45) is 0 Å². The Labute approximate surface area is 115 Å². The van der Waals surface area contributed by atoms with E-state index < -0.39 is 0 Å². The minimum Gasteiger partial charge on any atom is -0.338 e. The van der Waals surface area contributed by atoms with Crippen molar-refractivity contribution in [3.05, 3.63) is 53.8 Å². The maximum absolute atomic E-state index is 13.2. The maximum atomic E-state index is 13.2. The van der Waals surface area contributed by atoms with Gasteiger partial charge in [-0.15, -0.1) is 0 Å². The molecule has 98 valence electrons. The van der Waals surface area contributed by atoms with Crippen molar-refractivity contribution < 1.29 is 4.39 Å². The van der Waals surface area contributed by atoms with Crippen LogP contribution in [0.5, 0.6) is 0 Å². The fourth-order valence-corrected chi connectivity index (χ4v) is 2.19. The Kier molecular flexibility index (Phi) is 3.18. The van der Waals surface area contributed by atoms with Crippen LogP contribution in [-0.4, -0.2) is 9.97 Å². The van der Waals surface area contributed by atoms with E-state index >= 15 is 0 Å². The van der Waals surface area contributed by atoms with E-state index in [0.717, 1.165) is 28.6 Å². The van der Waals surface area contributed by atoms with Crippen molar-refractivity contribution >= 4 is 11.0 Å². The van der Waals surface area contributed by atoms with Gasteiger partial charge in [-0.2, -0.15) is 5.26 Å². The molecule has 0 bridgehead atoms. The lowest BCUT2D eigenvalue weighted by Crippen LogP contribution is -1.83. The van der Waals surface area contributed by atoms with Crippen LogP contribution in [0.25, 0.3) is 22.4 Å². The van der Waals surface area contributed by atoms with Crippen LogP contribution in [0.3, 0.4) is 0 Å². The Balaban J connectivity index is 2.00. The molecule has 0 aliphatic carbocycles. The third-order valence-corrected chi connectivity index (χ3v) is 3.17. The average Bonchev–Trinajstić information content (AvgIpc) is 2.88. The van der Waals surface area contributed by atoms with E-state index in [1.807, 2.05) is 24.3 Å². The molecule has 0 atom stereocenters. The van der Waals surface area contributed by atoms with Crippen LogP contribution in [0.2, 0.25) is 0 Å². The number of nitrogens with one attached hydrogen (secondary N) is 1. The normalized spacial score (nSPS) is 10.6. The largest absolute Gasteiger partial charge is 0.338 e. The highest BCUT2D eigenvalue weighted by Crippen LogP contribution is 2.22. The smallest absolute Gasteiger partial charge is 0.138 e. The zero-order chi connectivity index (χ0) is 13.9. The molecule has 0 fully saturated rings. The first-order chi connectivity index (χ1) is 9.76. The van der Waals surface area contributed by atoms with Crippen molar-refractivity contribution in [2.75, 3.05) is 0 Å². The van der Waals surface area contributed by atoms with Gasteiger partial charge >= 0.3 is 0 Å². The minimum absolute atomic E-state index is 0.280. The van der Waals surface area contributed by atoms with Crippen LogP contribution in [0, 0.1) is 17.1 Å². The lowest BCUT2D eigenvalue weighted by atomic mass is 10.1. The number of hydrogen-bond donors (Lipinski definition) is 1. The van der Waals surface area contributed by atoms with Gasteiger partial charge in [-0.1, -0.05) is 18.2 Å². The zero-order valence-electron chi connectivity index (χ0n) is 10.7. The molecule has 0 aliphatic heterocycles. The number of aromatic nitrogens is 2. The van der Waals surface area contributed by atoms with Gasteiger partial charge in [0.05, 0.1) is 17.1 Å². The van der Waals surface area contributed by atoms with Gasteiger partial charge in [0, 0.05) is 12.0 Å². The highest BCUT2D eigenvalue weighted by Gasteiger charge is 2.06. The fraction of sp³-hybridized carbons (Fsp3) is 0.125. The van der Waals surface area contributed by atoms with Crippen LogP contribution >= 0.6 is 0 Å². The fourth-order valence-electron chi connectivity index (χ4n) is 2.19. The number of benzene rings is 2. The SMILES string of the molecule is N#CCCc1ccc2nc(-c3cccc(F)c3)[nH]c2c1. The van der Waals surface area contributed by atoms with Crippen molar-refractivity contribution in [1.29, 1.82) is 5.26 Å². The molecule has 0 spiro atoms. The van der Waals surface area contributed by atoms with Gasteiger partial charge < -0.3 is 4.98 Å². The standard InChI is InChI=1S/C16H12FN3/c17-13-5-1-4-12(10-13)16-19-14-7-6-11(3-2-8-18)9-15(14)20-16/h1,4-7,9-10H,2-3H2,(H,19,20). The molecule has 0 radical (unpaired) electrons. The Morgan fingerprint density at radius 2 is 2.10 bits per heavy atom. The lowest BCUT2D eigenvalue weighted by Gasteiger charge is -1.96. The highest BCUT2D eigenvalue weighted by atomic mass is 19.1. The number of nitrogens with zero attached hydrogens (tertiary/aromatic N) is 2. The van der Waals surface area contributed by atoms with E-state index in [0.29, 0.717) is 12.2 Å². The zero-order valence-corrected chi connectivity index (χ0v) is 10.7. The summed E-state index contributed by atoms with van der Waals surface area (Å²) in [5.74, 6) is 0.370. The van der Waals surface area contributed by atoms with E-state index in [1.54, 1.807) is 6.07 Å². The predicted octanol–water partition coefficient (Wildman–Crippen LogP) is 3.83. The van der Waals surface area contributed by atoms with Crippen molar-refractivity contribution in [1.82, 2.24) is 9.97 Å². The molecule has 3 aromatic rings. The molecule has 3 rings (SSSR count). The Bertz CT molecular complexity index is 799. The van der Waals surface area contributed by atoms with E-state index in [9.17, 15) is 4.39 Å². The number of rotatable bonds is 3. The van der Waals surface area contributed by atoms with E-state index in [1.165, 1.54) is 12.1 Å². The first kappa shape index (κ1) is 12.4. The van der Waals surface area contributed by atoms with Gasteiger partial charge in [-0.3, -0.25) is 0 Å². The second kappa shape index (κ2) is 5.14. The van der Waals surface area contributed by atoms with Gasteiger partial charge in [0.25, 0.3) is 0 Å². The third-order valence-electron chi connectivity index (χ3n) is 3.17. The number of fused-ring (bicyclic) bond motifs is 1. The molecule has 4 heteroatoms. The van der Waals surface area contributed by atoms with E-state index in [4.69, 9.17) is 5.26 Å². The van der Waals surface area contributed by atoms with Crippen molar-refractivity contribution in [3.8, 4) is 17.5 Å². The number of nitriles is 1. The van der Waals surface area contributed by atoms with Gasteiger partial charge in [0.2, 0.25) is 0 Å². The molecule has 1 N–H and O–H groups in total. The van der Waals surface area contributed by atoms with E-state index in [-0.39, 0.29) is 5.82 Å². The molecule has 20 heavy (non-hydrogen) atoms. The van der Waals surface area contributed by atoms with Crippen LogP contribution in [-0.2, 0) is 6.42 Å². The highest BCUT2D eigenvalue weighted by molar-refractivity contribution is 5.80. The summed E-state index contributed by atoms with van der Waals surface area (Å²) < 4.78 is 13.2. The molecule has 1 aromatic heterocycles. The van der Waals surface area contributed by atoms with Gasteiger partial charge in [-0.05, 0) is 36.2 Å². The van der Waals surface area contributed by atoms with E-state index in [2.05, 4.69) is 16.0 Å². The summed E-state index contributed by atoms with van der Waals surface area (Å²) in [5.41, 5.74) is 3.55. The molecule has 3 nitrogen and oxygen atoms in total. The number of aryl methyl sites for hydroxylation is 1. The number of aromatic amines is 1. The molecule has 0 saturated carbocycles. The maximum Gasteiger partial charge on any atom is 0.138 e. The number of hydrogen-bond acceptors (Lipinski definition) is 2. The first-order valence-corrected chi connectivity index (χ1v) is 6.38. The van der Waals surface area contributed by atoms with Crippen molar-refractivity contribution in [3.63, 3.8) is 0 Å². The molecule has 1 heterocycles. The minimum atomic E-state index is -0.280. The second-order valence-corrected chi connectivity index (χ2v) is 4.61. The summed E-state index contributed by atoms with van der Waals surface area (Å²) in [5, 5.41) is 8.61. The monoisotopic (exact) mass is 265 g/mol. The molecule has 0 aliphatic rings. The number of imidazole rings is 1. The molecule has 2 aromatic carbocycles. The summed E-state index contributed by atoms with van der Waals surface area (Å²) in [6.07, 6.45) is 1.22. The van der Waals surface area contributed by atoms with Gasteiger partial charge in [0.15, 0.2) is 0 Å². The lowest BCUT2D eigenvalue weighted by molar-refractivity contribution is 0.628. The van der Waals surface area contributed by atoms with Crippen molar-refractivity contribution in [2.45, 2.75) is 12.8 Å². The van der Waals surface area contributed by atoms with Crippen LogP contribution in [0.1, 0.15) is 12.0 Å². The molecule has 0 unspecified atom stereocenters. The third kappa shape index (κ3) is 2.39.